The number of hydrogen-bond acceptors (Lipinski definition) is 3. The fraction of sp³-hybridized carbons (Fsp3) is 0.333. The van der Waals surface area contributed by atoms with Crippen molar-refractivity contribution >= 4 is 15.9 Å². The van der Waals surface area contributed by atoms with Crippen molar-refractivity contribution in [2.24, 2.45) is 5.73 Å². The lowest BCUT2D eigenvalue weighted by Crippen LogP contribution is -2.19. The SMILES string of the molecule is COc1ccc(Br)c([C@@H](N)C(F)F)c1O. The van der Waals surface area contributed by atoms with E-state index in [0.717, 1.165) is 0 Å². The average molecular weight is 282 g/mol. The van der Waals surface area contributed by atoms with E-state index in [0.29, 0.717) is 4.47 Å². The third-order valence-electron chi connectivity index (χ3n) is 1.95. The van der Waals surface area contributed by atoms with Gasteiger partial charge in [0.15, 0.2) is 11.5 Å². The van der Waals surface area contributed by atoms with E-state index in [-0.39, 0.29) is 17.1 Å². The third kappa shape index (κ3) is 2.38. The summed E-state index contributed by atoms with van der Waals surface area (Å²) in [6.45, 7) is 0. The van der Waals surface area contributed by atoms with Gasteiger partial charge in [-0.3, -0.25) is 0 Å². The highest BCUT2D eigenvalue weighted by atomic mass is 79.9. The Labute approximate surface area is 94.0 Å². The molecule has 0 fully saturated rings. The minimum Gasteiger partial charge on any atom is -0.504 e. The number of phenols is 1. The molecule has 1 aromatic carbocycles. The van der Waals surface area contributed by atoms with Crippen LogP contribution in [0.5, 0.6) is 11.5 Å². The minimum absolute atomic E-state index is 0.0515. The molecule has 0 amide bonds. The molecule has 0 aliphatic rings. The largest absolute Gasteiger partial charge is 0.504 e. The van der Waals surface area contributed by atoms with Gasteiger partial charge in [-0.1, -0.05) is 15.9 Å². The van der Waals surface area contributed by atoms with Gasteiger partial charge in [-0.15, -0.1) is 0 Å². The standard InChI is InChI=1S/C9H10BrF2NO2/c1-15-5-3-2-4(10)6(8(5)14)7(13)9(11)12/h2-3,7,9,14H,13H2,1H3/t7-/m1/s1. The molecule has 1 aromatic rings. The van der Waals surface area contributed by atoms with Crippen molar-refractivity contribution in [2.75, 3.05) is 7.11 Å². The Kier molecular flexibility index (Phi) is 3.87. The molecule has 0 saturated carbocycles. The first kappa shape index (κ1) is 12.2. The van der Waals surface area contributed by atoms with E-state index in [1.165, 1.54) is 19.2 Å². The summed E-state index contributed by atoms with van der Waals surface area (Å²) in [7, 11) is 1.33. The highest BCUT2D eigenvalue weighted by Crippen LogP contribution is 2.39. The van der Waals surface area contributed by atoms with Crippen molar-refractivity contribution in [3.05, 3.63) is 22.2 Å². The summed E-state index contributed by atoms with van der Waals surface area (Å²) in [5.74, 6) is -0.246. The van der Waals surface area contributed by atoms with Crippen molar-refractivity contribution in [2.45, 2.75) is 12.5 Å². The molecule has 3 N–H and O–H groups in total. The Balaban J connectivity index is 3.26. The zero-order valence-electron chi connectivity index (χ0n) is 7.88. The summed E-state index contributed by atoms with van der Waals surface area (Å²) in [6, 6.07) is 1.41. The summed E-state index contributed by atoms with van der Waals surface area (Å²) < 4.78 is 30.0. The van der Waals surface area contributed by atoms with Crippen molar-refractivity contribution in [3.63, 3.8) is 0 Å². The van der Waals surface area contributed by atoms with Gasteiger partial charge in [0.1, 0.15) is 0 Å². The van der Waals surface area contributed by atoms with E-state index in [9.17, 15) is 13.9 Å². The minimum atomic E-state index is -2.75. The molecule has 0 aliphatic heterocycles. The number of methoxy groups -OCH3 is 1. The molecule has 84 valence electrons. The first-order valence-electron chi connectivity index (χ1n) is 4.08. The third-order valence-corrected chi connectivity index (χ3v) is 2.64. The maximum absolute atomic E-state index is 12.4. The normalized spacial score (nSPS) is 12.9. The zero-order chi connectivity index (χ0) is 11.6. The van der Waals surface area contributed by atoms with Crippen LogP contribution in [0.25, 0.3) is 0 Å². The highest BCUT2D eigenvalue weighted by molar-refractivity contribution is 9.10. The maximum atomic E-state index is 12.4. The van der Waals surface area contributed by atoms with E-state index in [4.69, 9.17) is 10.5 Å². The second kappa shape index (κ2) is 4.76. The molecule has 6 heteroatoms. The molecule has 0 bridgehead atoms. The quantitative estimate of drug-likeness (QED) is 0.895. The molecule has 1 atom stereocenters. The van der Waals surface area contributed by atoms with Gasteiger partial charge in [0.2, 0.25) is 0 Å². The fourth-order valence-electron chi connectivity index (χ4n) is 1.17. The topological polar surface area (TPSA) is 55.5 Å². The van der Waals surface area contributed by atoms with Crippen molar-refractivity contribution in [1.82, 2.24) is 0 Å². The van der Waals surface area contributed by atoms with Gasteiger partial charge in [-0.25, -0.2) is 8.78 Å². The number of rotatable bonds is 3. The van der Waals surface area contributed by atoms with E-state index in [1.54, 1.807) is 0 Å². The van der Waals surface area contributed by atoms with Gasteiger partial charge in [0.25, 0.3) is 6.43 Å². The monoisotopic (exact) mass is 281 g/mol. The Bertz CT molecular complexity index is 360. The van der Waals surface area contributed by atoms with Crippen LogP contribution in [0.15, 0.2) is 16.6 Å². The van der Waals surface area contributed by atoms with E-state index in [2.05, 4.69) is 15.9 Å². The number of nitrogens with two attached hydrogens (primary N) is 1. The predicted molar refractivity (Wildman–Crippen MR) is 55.3 cm³/mol. The van der Waals surface area contributed by atoms with Crippen LogP contribution in [0.3, 0.4) is 0 Å². The second-order valence-corrected chi connectivity index (χ2v) is 3.73. The summed E-state index contributed by atoms with van der Waals surface area (Å²) in [6.07, 6.45) is -2.75. The molecular weight excluding hydrogens is 272 g/mol. The molecule has 0 aliphatic carbocycles. The van der Waals surface area contributed by atoms with Crippen LogP contribution in [0.2, 0.25) is 0 Å². The number of halogens is 3. The average Bonchev–Trinajstić information content (AvgIpc) is 2.17. The maximum Gasteiger partial charge on any atom is 0.257 e. The van der Waals surface area contributed by atoms with E-state index in [1.807, 2.05) is 0 Å². The first-order valence-corrected chi connectivity index (χ1v) is 4.87. The molecule has 0 heterocycles. The lowest BCUT2D eigenvalue weighted by atomic mass is 10.1. The Hall–Kier alpha value is -0.880. The predicted octanol–water partition coefficient (Wildman–Crippen LogP) is 2.43. The number of hydrogen-bond donors (Lipinski definition) is 2. The molecule has 0 saturated heterocycles. The number of benzene rings is 1. The van der Waals surface area contributed by atoms with Crippen LogP contribution in [0.1, 0.15) is 11.6 Å². The molecule has 0 unspecified atom stereocenters. The van der Waals surface area contributed by atoms with Crippen molar-refractivity contribution < 1.29 is 18.6 Å². The van der Waals surface area contributed by atoms with Crippen LogP contribution in [0, 0.1) is 0 Å². The number of ether oxygens (including phenoxy) is 1. The molecule has 15 heavy (non-hydrogen) atoms. The molecule has 3 nitrogen and oxygen atoms in total. The molecule has 0 spiro atoms. The smallest absolute Gasteiger partial charge is 0.257 e. The Morgan fingerprint density at radius 2 is 2.07 bits per heavy atom. The summed E-state index contributed by atoms with van der Waals surface area (Å²) in [5, 5.41) is 9.62. The molecule has 0 radical (unpaired) electrons. The van der Waals surface area contributed by atoms with Crippen LogP contribution in [-0.4, -0.2) is 18.6 Å². The lowest BCUT2D eigenvalue weighted by Gasteiger charge is -2.16. The van der Waals surface area contributed by atoms with Gasteiger partial charge >= 0.3 is 0 Å². The summed E-state index contributed by atoms with van der Waals surface area (Å²) in [4.78, 5) is 0. The Morgan fingerprint density at radius 3 is 2.53 bits per heavy atom. The van der Waals surface area contributed by atoms with E-state index >= 15 is 0 Å². The highest BCUT2D eigenvalue weighted by Gasteiger charge is 2.25. The van der Waals surface area contributed by atoms with Crippen LogP contribution >= 0.6 is 15.9 Å². The molecular formula is C9H10BrF2NO2. The second-order valence-electron chi connectivity index (χ2n) is 2.87. The summed E-state index contributed by atoms with van der Waals surface area (Å²) >= 11 is 3.05. The lowest BCUT2D eigenvalue weighted by molar-refractivity contribution is 0.114. The van der Waals surface area contributed by atoms with Crippen LogP contribution in [0.4, 0.5) is 8.78 Å². The number of phenolic OH excluding ortho intramolecular Hbond substituents is 1. The molecule has 0 aromatic heterocycles. The van der Waals surface area contributed by atoms with E-state index < -0.39 is 12.5 Å². The van der Waals surface area contributed by atoms with Gasteiger partial charge in [-0.2, -0.15) is 0 Å². The van der Waals surface area contributed by atoms with Gasteiger partial charge in [-0.05, 0) is 12.1 Å². The van der Waals surface area contributed by atoms with Crippen molar-refractivity contribution in [3.8, 4) is 11.5 Å². The van der Waals surface area contributed by atoms with Gasteiger partial charge in [0, 0.05) is 10.0 Å². The number of aromatic hydroxyl groups is 1. The van der Waals surface area contributed by atoms with Crippen LogP contribution < -0.4 is 10.5 Å². The van der Waals surface area contributed by atoms with Gasteiger partial charge in [0.05, 0.1) is 13.2 Å². The van der Waals surface area contributed by atoms with Gasteiger partial charge < -0.3 is 15.6 Å². The Morgan fingerprint density at radius 1 is 1.47 bits per heavy atom. The summed E-state index contributed by atoms with van der Waals surface area (Å²) in [5.41, 5.74) is 5.22. The number of alkyl halides is 2. The first-order chi connectivity index (χ1) is 6.99. The zero-order valence-corrected chi connectivity index (χ0v) is 9.46. The fourth-order valence-corrected chi connectivity index (χ4v) is 1.76. The van der Waals surface area contributed by atoms with Crippen LogP contribution in [-0.2, 0) is 0 Å². The molecule has 1 rings (SSSR count). The van der Waals surface area contributed by atoms with Crippen molar-refractivity contribution in [1.29, 1.82) is 0 Å².